The third-order valence-corrected chi connectivity index (χ3v) is 5.56. The zero-order valence-corrected chi connectivity index (χ0v) is 16.5. The molecule has 1 aromatic carbocycles. The van der Waals surface area contributed by atoms with Crippen molar-refractivity contribution in [1.82, 2.24) is 9.97 Å². The van der Waals surface area contributed by atoms with E-state index in [0.29, 0.717) is 6.54 Å². The Balaban J connectivity index is 2.29. The number of halogens is 2. The molecule has 0 amide bonds. The summed E-state index contributed by atoms with van der Waals surface area (Å²) in [4.78, 5) is 13.0. The highest BCUT2D eigenvalue weighted by Crippen LogP contribution is 2.42. The van der Waals surface area contributed by atoms with E-state index in [1.165, 1.54) is 4.88 Å². The van der Waals surface area contributed by atoms with Crippen LogP contribution in [0.15, 0.2) is 28.7 Å². The van der Waals surface area contributed by atoms with Crippen LogP contribution in [0, 0.1) is 6.92 Å². The Morgan fingerprint density at radius 1 is 1.25 bits per heavy atom. The first-order chi connectivity index (χ1) is 11.5. The molecular formula is C17H17BrClN3OS. The van der Waals surface area contributed by atoms with Gasteiger partial charge in [-0.3, -0.25) is 0 Å². The summed E-state index contributed by atoms with van der Waals surface area (Å²) < 4.78 is 1.04. The lowest BCUT2D eigenvalue weighted by atomic mass is 10.0. The zero-order chi connectivity index (χ0) is 17.3. The van der Waals surface area contributed by atoms with Crippen LogP contribution in [0.3, 0.4) is 0 Å². The normalized spacial score (nSPS) is 11.2. The van der Waals surface area contributed by atoms with Crippen LogP contribution in [0.5, 0.6) is 0 Å². The molecule has 0 aliphatic carbocycles. The highest BCUT2D eigenvalue weighted by atomic mass is 79.9. The molecule has 0 unspecified atom stereocenters. The fraction of sp³-hybridized carbons (Fsp3) is 0.294. The summed E-state index contributed by atoms with van der Waals surface area (Å²) in [5.41, 5.74) is 2.25. The highest BCUT2D eigenvalue weighted by Gasteiger charge is 2.21. The molecule has 0 spiro atoms. The van der Waals surface area contributed by atoms with Gasteiger partial charge in [-0.1, -0.05) is 28.1 Å². The molecule has 3 rings (SSSR count). The van der Waals surface area contributed by atoms with Crippen LogP contribution < -0.4 is 4.90 Å². The zero-order valence-electron chi connectivity index (χ0n) is 13.4. The number of anilines is 1. The molecule has 0 atom stereocenters. The fourth-order valence-electron chi connectivity index (χ4n) is 2.80. The minimum absolute atomic E-state index is 0.0632. The molecule has 0 saturated carbocycles. The van der Waals surface area contributed by atoms with Crippen molar-refractivity contribution in [3.63, 3.8) is 0 Å². The number of aromatic nitrogens is 2. The molecule has 0 bridgehead atoms. The molecule has 0 saturated heterocycles. The fourth-order valence-corrected chi connectivity index (χ4v) is 4.31. The second-order valence-corrected chi connectivity index (χ2v) is 7.80. The second kappa shape index (κ2) is 7.35. The molecule has 3 aromatic rings. The van der Waals surface area contributed by atoms with E-state index in [9.17, 15) is 5.11 Å². The molecular weight excluding hydrogens is 410 g/mol. The third kappa shape index (κ3) is 3.28. The van der Waals surface area contributed by atoms with Gasteiger partial charge in [0.1, 0.15) is 10.6 Å². The van der Waals surface area contributed by atoms with Gasteiger partial charge in [0.05, 0.1) is 12.0 Å². The number of hydrogen-bond donors (Lipinski definition) is 1. The SMILES string of the molecule is CCN(CCO)c1nc(Cl)nc2sc(C)c(-c3ccc(Br)cc3)c12. The Morgan fingerprint density at radius 2 is 1.96 bits per heavy atom. The van der Waals surface area contributed by atoms with Gasteiger partial charge < -0.3 is 10.0 Å². The van der Waals surface area contributed by atoms with Crippen molar-refractivity contribution in [2.75, 3.05) is 24.6 Å². The Kier molecular flexibility index (Phi) is 5.39. The second-order valence-electron chi connectivity index (χ2n) is 5.34. The summed E-state index contributed by atoms with van der Waals surface area (Å²) in [5, 5.41) is 10.6. The van der Waals surface area contributed by atoms with E-state index in [-0.39, 0.29) is 11.9 Å². The highest BCUT2D eigenvalue weighted by molar-refractivity contribution is 9.10. The quantitative estimate of drug-likeness (QED) is 0.589. The van der Waals surface area contributed by atoms with Crippen molar-refractivity contribution in [3.8, 4) is 11.1 Å². The van der Waals surface area contributed by atoms with Gasteiger partial charge in [0.25, 0.3) is 0 Å². The average Bonchev–Trinajstić information content (AvgIpc) is 2.88. The van der Waals surface area contributed by atoms with Crippen LogP contribution in [-0.2, 0) is 0 Å². The summed E-state index contributed by atoms with van der Waals surface area (Å²) in [6.07, 6.45) is 0. The number of likely N-dealkylation sites (N-methyl/N-ethyl adjacent to an activating group) is 1. The molecule has 1 N–H and O–H groups in total. The van der Waals surface area contributed by atoms with Gasteiger partial charge in [0.2, 0.25) is 5.28 Å². The molecule has 126 valence electrons. The minimum atomic E-state index is 0.0632. The first kappa shape index (κ1) is 17.6. The lowest BCUT2D eigenvalue weighted by Gasteiger charge is -2.22. The number of aryl methyl sites for hydroxylation is 1. The van der Waals surface area contributed by atoms with Gasteiger partial charge in [-0.05, 0) is 43.1 Å². The van der Waals surface area contributed by atoms with E-state index in [1.54, 1.807) is 11.3 Å². The first-order valence-electron chi connectivity index (χ1n) is 7.63. The van der Waals surface area contributed by atoms with E-state index in [1.807, 2.05) is 24.0 Å². The number of thiophene rings is 1. The van der Waals surface area contributed by atoms with Crippen molar-refractivity contribution in [2.24, 2.45) is 0 Å². The van der Waals surface area contributed by atoms with E-state index in [4.69, 9.17) is 11.6 Å². The van der Waals surface area contributed by atoms with Crippen molar-refractivity contribution < 1.29 is 5.11 Å². The topological polar surface area (TPSA) is 49.2 Å². The van der Waals surface area contributed by atoms with Gasteiger partial charge in [-0.2, -0.15) is 4.98 Å². The Bertz CT molecular complexity index is 866. The van der Waals surface area contributed by atoms with Crippen LogP contribution in [-0.4, -0.2) is 34.8 Å². The maximum atomic E-state index is 9.37. The molecule has 7 heteroatoms. The molecule has 2 aromatic heterocycles. The molecule has 0 fully saturated rings. The van der Waals surface area contributed by atoms with Gasteiger partial charge >= 0.3 is 0 Å². The predicted octanol–water partition coefficient (Wildman–Crippen LogP) is 4.90. The minimum Gasteiger partial charge on any atom is -0.395 e. The van der Waals surface area contributed by atoms with Crippen molar-refractivity contribution >= 4 is 54.9 Å². The molecule has 24 heavy (non-hydrogen) atoms. The van der Waals surface area contributed by atoms with Crippen LogP contribution in [0.2, 0.25) is 5.28 Å². The maximum Gasteiger partial charge on any atom is 0.225 e. The van der Waals surface area contributed by atoms with Gasteiger partial charge in [-0.25, -0.2) is 4.98 Å². The van der Waals surface area contributed by atoms with Gasteiger partial charge in [0, 0.05) is 28.0 Å². The summed E-state index contributed by atoms with van der Waals surface area (Å²) in [5.74, 6) is 0.781. The van der Waals surface area contributed by atoms with Crippen molar-refractivity contribution in [2.45, 2.75) is 13.8 Å². The largest absolute Gasteiger partial charge is 0.395 e. The van der Waals surface area contributed by atoms with E-state index in [2.05, 4.69) is 45.0 Å². The number of hydrogen-bond acceptors (Lipinski definition) is 5. The summed E-state index contributed by atoms with van der Waals surface area (Å²) in [6, 6.07) is 8.22. The molecule has 2 heterocycles. The predicted molar refractivity (Wildman–Crippen MR) is 105 cm³/mol. The average molecular weight is 427 g/mol. The van der Waals surface area contributed by atoms with Crippen molar-refractivity contribution in [3.05, 3.63) is 38.9 Å². The number of benzene rings is 1. The Labute approximate surface area is 158 Å². The van der Waals surface area contributed by atoms with E-state index in [0.717, 1.165) is 38.2 Å². The number of aliphatic hydroxyl groups is 1. The molecule has 0 aliphatic rings. The Morgan fingerprint density at radius 3 is 2.58 bits per heavy atom. The lowest BCUT2D eigenvalue weighted by molar-refractivity contribution is 0.302. The first-order valence-corrected chi connectivity index (χ1v) is 9.62. The van der Waals surface area contributed by atoms with Crippen LogP contribution in [0.25, 0.3) is 21.3 Å². The lowest BCUT2D eigenvalue weighted by Crippen LogP contribution is -2.27. The molecule has 4 nitrogen and oxygen atoms in total. The van der Waals surface area contributed by atoms with Gasteiger partial charge in [0.15, 0.2) is 0 Å². The molecule has 0 aliphatic heterocycles. The smallest absolute Gasteiger partial charge is 0.225 e. The van der Waals surface area contributed by atoms with Crippen LogP contribution >= 0.6 is 38.9 Å². The summed E-state index contributed by atoms with van der Waals surface area (Å²) in [7, 11) is 0. The van der Waals surface area contributed by atoms with Crippen molar-refractivity contribution in [1.29, 1.82) is 0 Å². The number of rotatable bonds is 5. The maximum absolute atomic E-state index is 9.37. The van der Waals surface area contributed by atoms with Crippen LogP contribution in [0.4, 0.5) is 5.82 Å². The number of aliphatic hydroxyl groups excluding tert-OH is 1. The van der Waals surface area contributed by atoms with Gasteiger partial charge in [-0.15, -0.1) is 11.3 Å². The third-order valence-electron chi connectivity index (χ3n) is 3.87. The van der Waals surface area contributed by atoms with E-state index >= 15 is 0 Å². The van der Waals surface area contributed by atoms with Crippen LogP contribution in [0.1, 0.15) is 11.8 Å². The summed E-state index contributed by atoms with van der Waals surface area (Å²) in [6.45, 7) is 5.43. The van der Waals surface area contributed by atoms with E-state index < -0.39 is 0 Å². The Hall–Kier alpha value is -1.21. The monoisotopic (exact) mass is 425 g/mol. The molecule has 0 radical (unpaired) electrons. The standard InChI is InChI=1S/C17H17BrClN3OS/c1-3-22(8-9-23)15-14-13(11-4-6-12(18)7-5-11)10(2)24-16(14)21-17(19)20-15/h4-7,23H,3,8-9H2,1-2H3. The number of nitrogens with zero attached hydrogens (tertiary/aromatic N) is 3. The number of fused-ring (bicyclic) bond motifs is 1. The summed E-state index contributed by atoms with van der Waals surface area (Å²) >= 11 is 11.2.